The Morgan fingerprint density at radius 3 is 1.90 bits per heavy atom. The normalized spacial score (nSPS) is 15.8. The van der Waals surface area contributed by atoms with Crippen LogP contribution >= 0.6 is 0 Å². The van der Waals surface area contributed by atoms with Crippen molar-refractivity contribution in [3.8, 4) is 0 Å². The minimum atomic E-state index is -0.316. The third kappa shape index (κ3) is 1.77. The van der Waals surface area contributed by atoms with Crippen molar-refractivity contribution in [3.63, 3.8) is 0 Å². The second-order valence-corrected chi connectivity index (χ2v) is 4.99. The Bertz CT molecular complexity index is 861. The van der Waals surface area contributed by atoms with E-state index in [1.807, 2.05) is 0 Å². The fraction of sp³-hybridized carbons (Fsp3) is 0.0625. The smallest absolute Gasteiger partial charge is 1.00 e. The van der Waals surface area contributed by atoms with E-state index >= 15 is 0 Å². The fourth-order valence-electron chi connectivity index (χ4n) is 2.99. The number of ketones is 3. The molecular weight excluding hydrogens is 279 g/mol. The van der Waals surface area contributed by atoms with E-state index in [1.165, 1.54) is 0 Å². The van der Waals surface area contributed by atoms with E-state index in [0.29, 0.717) is 33.0 Å². The summed E-state index contributed by atoms with van der Waals surface area (Å²) in [6, 6.07) is 6.41. The minimum Gasteiger partial charge on any atom is -1.00 e. The molecule has 2 aromatic rings. The summed E-state index contributed by atoms with van der Waals surface area (Å²) in [6.45, 7) is 0. The van der Waals surface area contributed by atoms with Crippen LogP contribution in [0.2, 0.25) is 0 Å². The maximum Gasteiger partial charge on any atom is 1.00 e. The number of allylic oxidation sites excluding steroid dienone is 1. The fourth-order valence-corrected chi connectivity index (χ4v) is 2.99. The van der Waals surface area contributed by atoms with Crippen LogP contribution in [-0.2, 0) is 0 Å². The quantitative estimate of drug-likeness (QED) is 0.539. The van der Waals surface area contributed by atoms with E-state index in [0.717, 1.165) is 6.08 Å². The first-order chi connectivity index (χ1) is 9.58. The SMILES string of the molecule is O=C1C=C(O)c2ccc3c4c(ccc1c24)C(=O)CC3=O.[H-].[Na+]. The van der Waals surface area contributed by atoms with Crippen LogP contribution in [0.15, 0.2) is 30.3 Å². The molecule has 0 fully saturated rings. The Kier molecular flexibility index (Phi) is 3.13. The van der Waals surface area contributed by atoms with E-state index in [2.05, 4.69) is 0 Å². The van der Waals surface area contributed by atoms with Gasteiger partial charge in [-0.25, -0.2) is 0 Å². The third-order valence-corrected chi connectivity index (χ3v) is 3.89. The van der Waals surface area contributed by atoms with Crippen molar-refractivity contribution in [3.05, 3.63) is 52.6 Å². The van der Waals surface area contributed by atoms with E-state index in [4.69, 9.17) is 0 Å². The first-order valence-corrected chi connectivity index (χ1v) is 6.19. The molecular formula is C16H9NaO4. The zero-order valence-corrected chi connectivity index (χ0v) is 13.3. The number of carbonyl (C=O) groups is 3. The molecule has 5 heteroatoms. The van der Waals surface area contributed by atoms with Crippen LogP contribution < -0.4 is 29.6 Å². The molecule has 0 saturated carbocycles. The van der Waals surface area contributed by atoms with Crippen molar-refractivity contribution in [2.75, 3.05) is 0 Å². The average Bonchev–Trinajstić information content (AvgIpc) is 2.42. The summed E-state index contributed by atoms with van der Waals surface area (Å²) < 4.78 is 0. The summed E-state index contributed by atoms with van der Waals surface area (Å²) in [5.74, 6) is -0.929. The maximum atomic E-state index is 12.0. The van der Waals surface area contributed by atoms with Crippen LogP contribution in [0.4, 0.5) is 0 Å². The Hall–Kier alpha value is -1.75. The van der Waals surface area contributed by atoms with E-state index in [-0.39, 0.29) is 60.5 Å². The first kappa shape index (κ1) is 14.2. The monoisotopic (exact) mass is 288 g/mol. The van der Waals surface area contributed by atoms with Crippen molar-refractivity contribution in [1.82, 2.24) is 0 Å². The standard InChI is InChI=1S/C16H8O4.Na.H/c17-11-5-13(19)9-3-4-10-14(20)6-12(18)8-2-1-7(11)15(9)16(8)10;;/h1-5,17H,6H2;;/q;+1;-1. The number of carbonyl (C=O) groups excluding carboxylic acids is 3. The zero-order valence-electron chi connectivity index (χ0n) is 12.3. The van der Waals surface area contributed by atoms with Crippen LogP contribution in [-0.4, -0.2) is 22.5 Å². The van der Waals surface area contributed by atoms with Gasteiger partial charge in [-0.15, -0.1) is 0 Å². The number of benzene rings is 2. The second kappa shape index (κ2) is 4.63. The van der Waals surface area contributed by atoms with Crippen LogP contribution in [0.3, 0.4) is 0 Å². The van der Waals surface area contributed by atoms with Crippen molar-refractivity contribution < 1.29 is 50.5 Å². The van der Waals surface area contributed by atoms with Crippen LogP contribution in [0.1, 0.15) is 44.5 Å². The predicted octanol–water partition coefficient (Wildman–Crippen LogP) is -0.179. The molecule has 0 bridgehead atoms. The number of aliphatic hydroxyl groups is 1. The largest absolute Gasteiger partial charge is 1.00 e. The van der Waals surface area contributed by atoms with Gasteiger partial charge in [-0.1, -0.05) is 0 Å². The molecule has 0 aromatic heterocycles. The molecule has 4 rings (SSSR count). The van der Waals surface area contributed by atoms with Gasteiger partial charge in [0.15, 0.2) is 17.3 Å². The van der Waals surface area contributed by atoms with Crippen molar-refractivity contribution in [2.24, 2.45) is 0 Å². The van der Waals surface area contributed by atoms with Gasteiger partial charge in [-0.05, 0) is 24.3 Å². The molecule has 98 valence electrons. The van der Waals surface area contributed by atoms with Gasteiger partial charge in [0.1, 0.15) is 5.76 Å². The Labute approximate surface area is 143 Å². The number of rotatable bonds is 0. The number of aliphatic hydroxyl groups excluding tert-OH is 1. The Balaban J connectivity index is 0.000000882. The van der Waals surface area contributed by atoms with Crippen LogP contribution in [0, 0.1) is 0 Å². The average molecular weight is 288 g/mol. The maximum absolute atomic E-state index is 12.0. The molecule has 0 amide bonds. The molecule has 4 nitrogen and oxygen atoms in total. The molecule has 0 saturated heterocycles. The van der Waals surface area contributed by atoms with Gasteiger partial charge in [0.2, 0.25) is 0 Å². The Morgan fingerprint density at radius 1 is 0.810 bits per heavy atom. The van der Waals surface area contributed by atoms with Crippen molar-refractivity contribution in [2.45, 2.75) is 6.42 Å². The second-order valence-electron chi connectivity index (χ2n) is 4.99. The van der Waals surface area contributed by atoms with Crippen LogP contribution in [0.5, 0.6) is 0 Å². The molecule has 1 N–H and O–H groups in total. The first-order valence-electron chi connectivity index (χ1n) is 6.19. The predicted molar refractivity (Wildman–Crippen MR) is 73.3 cm³/mol. The van der Waals surface area contributed by atoms with Gasteiger partial charge < -0.3 is 6.53 Å². The Morgan fingerprint density at radius 2 is 1.29 bits per heavy atom. The molecule has 21 heavy (non-hydrogen) atoms. The summed E-state index contributed by atoms with van der Waals surface area (Å²) in [6.07, 6.45) is 1.02. The van der Waals surface area contributed by atoms with E-state index in [9.17, 15) is 19.5 Å². The number of hydrogen-bond donors (Lipinski definition) is 1. The molecule has 0 aliphatic heterocycles. The molecule has 0 radical (unpaired) electrons. The van der Waals surface area contributed by atoms with Gasteiger partial charge in [0, 0.05) is 39.1 Å². The van der Waals surface area contributed by atoms with Crippen molar-refractivity contribution >= 4 is 33.9 Å². The summed E-state index contributed by atoms with van der Waals surface area (Å²) in [5, 5.41) is 10.9. The third-order valence-electron chi connectivity index (χ3n) is 3.89. The molecule has 0 heterocycles. The summed E-state index contributed by atoms with van der Waals surface area (Å²) in [5.41, 5.74) is 1.80. The topological polar surface area (TPSA) is 71.4 Å². The molecule has 2 aromatic carbocycles. The zero-order chi connectivity index (χ0) is 14.0. The minimum absolute atomic E-state index is 0. The van der Waals surface area contributed by atoms with Gasteiger partial charge in [-0.2, -0.15) is 0 Å². The van der Waals surface area contributed by atoms with Gasteiger partial charge >= 0.3 is 29.6 Å². The van der Waals surface area contributed by atoms with E-state index < -0.39 is 0 Å². The molecule has 2 aliphatic carbocycles. The van der Waals surface area contributed by atoms with Gasteiger partial charge in [0.25, 0.3) is 0 Å². The summed E-state index contributed by atoms with van der Waals surface area (Å²) in [7, 11) is 0. The molecule has 0 atom stereocenters. The molecule has 2 aliphatic rings. The summed E-state index contributed by atoms with van der Waals surface area (Å²) in [4.78, 5) is 36.0. The number of Topliss-reactive ketones (excluding diaryl/α,β-unsaturated/α-hetero) is 2. The van der Waals surface area contributed by atoms with Crippen molar-refractivity contribution in [1.29, 1.82) is 0 Å². The van der Waals surface area contributed by atoms with Gasteiger partial charge in [-0.3, -0.25) is 14.4 Å². The summed E-state index contributed by atoms with van der Waals surface area (Å²) >= 11 is 0. The number of hydrogen-bond acceptors (Lipinski definition) is 4. The van der Waals surface area contributed by atoms with Gasteiger partial charge in [0.05, 0.1) is 6.42 Å². The van der Waals surface area contributed by atoms with E-state index in [1.54, 1.807) is 24.3 Å². The van der Waals surface area contributed by atoms with Crippen LogP contribution in [0.25, 0.3) is 16.5 Å². The molecule has 0 spiro atoms. The molecule has 0 unspecified atom stereocenters.